The molecule has 0 unspecified atom stereocenters. The standard InChI is InChI=1S/C22H20FN3OS/c1-2-18-12-25-22(28-18)26-19(11-24)21(20(26)13-27)15-8-6-14(7-9-15)16-4-3-5-17(23)10-16/h3-10,12,19-21,27H,2,13H2,1H3/t19-,20+,21+/m0/s1. The molecule has 1 aromatic heterocycles. The van der Waals surface area contributed by atoms with Gasteiger partial charge in [-0.3, -0.25) is 0 Å². The average molecular weight is 393 g/mol. The summed E-state index contributed by atoms with van der Waals surface area (Å²) in [4.78, 5) is 7.53. The highest BCUT2D eigenvalue weighted by molar-refractivity contribution is 7.15. The van der Waals surface area contributed by atoms with Crippen molar-refractivity contribution in [1.82, 2.24) is 4.98 Å². The first-order valence-electron chi connectivity index (χ1n) is 9.25. The molecule has 142 valence electrons. The van der Waals surface area contributed by atoms with E-state index in [1.54, 1.807) is 17.4 Å². The predicted molar refractivity (Wildman–Crippen MR) is 109 cm³/mol. The molecule has 2 aromatic carbocycles. The zero-order valence-corrected chi connectivity index (χ0v) is 16.2. The zero-order valence-electron chi connectivity index (χ0n) is 15.4. The van der Waals surface area contributed by atoms with Crippen LogP contribution in [0.15, 0.2) is 54.7 Å². The second-order valence-corrected chi connectivity index (χ2v) is 7.95. The van der Waals surface area contributed by atoms with Gasteiger partial charge in [0, 0.05) is 17.0 Å². The maximum Gasteiger partial charge on any atom is 0.186 e. The van der Waals surface area contributed by atoms with E-state index in [2.05, 4.69) is 18.0 Å². The number of hydrogen-bond donors (Lipinski definition) is 1. The molecule has 0 amide bonds. The van der Waals surface area contributed by atoms with Crippen molar-refractivity contribution in [3.05, 3.63) is 71.0 Å². The first-order chi connectivity index (χ1) is 13.7. The monoisotopic (exact) mass is 393 g/mol. The van der Waals surface area contributed by atoms with Crippen LogP contribution in [-0.2, 0) is 6.42 Å². The van der Waals surface area contributed by atoms with E-state index in [9.17, 15) is 14.8 Å². The molecule has 3 atom stereocenters. The molecular weight excluding hydrogens is 373 g/mol. The Morgan fingerprint density at radius 3 is 2.61 bits per heavy atom. The molecule has 4 nitrogen and oxygen atoms in total. The molecule has 6 heteroatoms. The molecule has 3 aromatic rings. The lowest BCUT2D eigenvalue weighted by molar-refractivity contribution is 0.187. The van der Waals surface area contributed by atoms with Crippen molar-refractivity contribution in [1.29, 1.82) is 5.26 Å². The van der Waals surface area contributed by atoms with Crippen LogP contribution in [0.1, 0.15) is 23.3 Å². The SMILES string of the molecule is CCc1cnc(N2[C@H](CO)[C@H](c3ccc(-c4cccc(F)c4)cc3)[C@@H]2C#N)s1. The number of aliphatic hydroxyl groups excluding tert-OH is 1. The van der Waals surface area contributed by atoms with Crippen LogP contribution in [0, 0.1) is 17.1 Å². The van der Waals surface area contributed by atoms with Gasteiger partial charge in [-0.2, -0.15) is 5.26 Å². The van der Waals surface area contributed by atoms with Crippen LogP contribution in [0.25, 0.3) is 11.1 Å². The summed E-state index contributed by atoms with van der Waals surface area (Å²) in [5.74, 6) is -0.360. The summed E-state index contributed by atoms with van der Waals surface area (Å²) >= 11 is 1.57. The Labute approximate surface area is 167 Å². The topological polar surface area (TPSA) is 60.1 Å². The van der Waals surface area contributed by atoms with E-state index in [1.807, 2.05) is 41.4 Å². The van der Waals surface area contributed by atoms with Crippen molar-refractivity contribution in [2.75, 3.05) is 11.5 Å². The minimum Gasteiger partial charge on any atom is -0.394 e. The van der Waals surface area contributed by atoms with Gasteiger partial charge in [0.05, 0.1) is 18.7 Å². The van der Waals surface area contributed by atoms with Gasteiger partial charge in [-0.1, -0.05) is 43.3 Å². The molecule has 1 aliphatic rings. The van der Waals surface area contributed by atoms with Crippen LogP contribution >= 0.6 is 11.3 Å². The van der Waals surface area contributed by atoms with E-state index in [0.29, 0.717) is 0 Å². The van der Waals surface area contributed by atoms with E-state index in [-0.39, 0.29) is 30.4 Å². The summed E-state index contributed by atoms with van der Waals surface area (Å²) in [7, 11) is 0. The van der Waals surface area contributed by atoms with Gasteiger partial charge in [0.2, 0.25) is 0 Å². The highest BCUT2D eigenvalue weighted by atomic mass is 32.1. The molecule has 2 heterocycles. The third-order valence-corrected chi connectivity index (χ3v) is 6.45. The molecule has 1 N–H and O–H groups in total. The number of aryl methyl sites for hydroxylation is 1. The van der Waals surface area contributed by atoms with E-state index in [0.717, 1.165) is 33.1 Å². The van der Waals surface area contributed by atoms with Crippen molar-refractivity contribution in [2.45, 2.75) is 31.3 Å². The Morgan fingerprint density at radius 2 is 2.00 bits per heavy atom. The minimum atomic E-state index is -0.368. The van der Waals surface area contributed by atoms with Gasteiger partial charge in [-0.15, -0.1) is 11.3 Å². The zero-order chi connectivity index (χ0) is 19.7. The fourth-order valence-electron chi connectivity index (χ4n) is 3.82. The van der Waals surface area contributed by atoms with Crippen molar-refractivity contribution in [2.24, 2.45) is 0 Å². The Hall–Kier alpha value is -2.75. The molecule has 28 heavy (non-hydrogen) atoms. The molecule has 1 fully saturated rings. The number of aliphatic hydroxyl groups is 1. The number of hydrogen-bond acceptors (Lipinski definition) is 5. The van der Waals surface area contributed by atoms with Crippen molar-refractivity contribution in [3.8, 4) is 17.2 Å². The molecule has 1 saturated heterocycles. The predicted octanol–water partition coefficient (Wildman–Crippen LogP) is 4.37. The maximum atomic E-state index is 13.5. The number of rotatable bonds is 5. The van der Waals surface area contributed by atoms with Crippen LogP contribution in [0.2, 0.25) is 0 Å². The fraction of sp³-hybridized carbons (Fsp3) is 0.273. The number of nitrogens with zero attached hydrogens (tertiary/aromatic N) is 3. The van der Waals surface area contributed by atoms with Crippen LogP contribution in [0.5, 0.6) is 0 Å². The van der Waals surface area contributed by atoms with Gasteiger partial charge in [-0.25, -0.2) is 9.37 Å². The largest absolute Gasteiger partial charge is 0.394 e. The molecule has 0 aliphatic carbocycles. The van der Waals surface area contributed by atoms with Gasteiger partial charge < -0.3 is 10.0 Å². The van der Waals surface area contributed by atoms with Gasteiger partial charge in [0.1, 0.15) is 11.9 Å². The molecule has 4 rings (SSSR count). The fourth-order valence-corrected chi connectivity index (χ4v) is 4.76. The third kappa shape index (κ3) is 3.17. The number of halogens is 1. The summed E-state index contributed by atoms with van der Waals surface area (Å²) in [5.41, 5.74) is 2.72. The number of aromatic nitrogens is 1. The van der Waals surface area contributed by atoms with E-state index >= 15 is 0 Å². The Bertz CT molecular complexity index is 1010. The molecule has 0 saturated carbocycles. The van der Waals surface area contributed by atoms with E-state index in [1.165, 1.54) is 12.1 Å². The number of thiazole rings is 1. The summed E-state index contributed by atoms with van der Waals surface area (Å²) in [6, 6.07) is 16.1. The smallest absolute Gasteiger partial charge is 0.186 e. The average Bonchev–Trinajstić information content (AvgIpc) is 3.17. The lowest BCUT2D eigenvalue weighted by Crippen LogP contribution is -2.63. The van der Waals surface area contributed by atoms with Crippen molar-refractivity contribution in [3.63, 3.8) is 0 Å². The van der Waals surface area contributed by atoms with Crippen LogP contribution < -0.4 is 4.90 Å². The molecule has 0 radical (unpaired) electrons. The molecule has 0 bridgehead atoms. The lowest BCUT2D eigenvalue weighted by Gasteiger charge is -2.51. The van der Waals surface area contributed by atoms with E-state index < -0.39 is 0 Å². The second kappa shape index (κ2) is 7.70. The molecule has 1 aliphatic heterocycles. The number of anilines is 1. The number of benzene rings is 2. The van der Waals surface area contributed by atoms with Gasteiger partial charge in [-0.05, 0) is 35.2 Å². The molecular formula is C22H20FN3OS. The third-order valence-electron chi connectivity index (χ3n) is 5.30. The van der Waals surface area contributed by atoms with E-state index in [4.69, 9.17) is 0 Å². The minimum absolute atomic E-state index is 0.0461. The second-order valence-electron chi connectivity index (χ2n) is 6.85. The highest BCUT2D eigenvalue weighted by Crippen LogP contribution is 2.44. The van der Waals surface area contributed by atoms with Crippen molar-refractivity contribution >= 4 is 16.5 Å². The van der Waals surface area contributed by atoms with Crippen LogP contribution in [0.3, 0.4) is 0 Å². The van der Waals surface area contributed by atoms with Gasteiger partial charge in [0.25, 0.3) is 0 Å². The first-order valence-corrected chi connectivity index (χ1v) is 10.1. The van der Waals surface area contributed by atoms with Crippen LogP contribution in [0.4, 0.5) is 9.52 Å². The van der Waals surface area contributed by atoms with Crippen LogP contribution in [-0.4, -0.2) is 28.8 Å². The summed E-state index contributed by atoms with van der Waals surface area (Å²) in [6.45, 7) is 2.02. The van der Waals surface area contributed by atoms with Crippen molar-refractivity contribution < 1.29 is 9.50 Å². The Balaban J connectivity index is 1.60. The normalized spacial score (nSPS) is 21.2. The van der Waals surface area contributed by atoms with Gasteiger partial charge in [0.15, 0.2) is 5.13 Å². The highest BCUT2D eigenvalue weighted by Gasteiger charge is 2.50. The Kier molecular flexibility index (Phi) is 5.12. The summed E-state index contributed by atoms with van der Waals surface area (Å²) < 4.78 is 13.5. The van der Waals surface area contributed by atoms with Gasteiger partial charge >= 0.3 is 0 Å². The number of nitriles is 1. The summed E-state index contributed by atoms with van der Waals surface area (Å²) in [6.07, 6.45) is 2.74. The summed E-state index contributed by atoms with van der Waals surface area (Å²) in [5, 5.41) is 20.5. The maximum absolute atomic E-state index is 13.5. The quantitative estimate of drug-likeness (QED) is 0.699. The molecule has 0 spiro atoms. The lowest BCUT2D eigenvalue weighted by atomic mass is 9.76. The first kappa shape index (κ1) is 18.6. The Morgan fingerprint density at radius 1 is 1.21 bits per heavy atom.